The number of hydrogen-bond donors (Lipinski definition) is 1. The molecule has 0 amide bonds. The number of hydrogen-bond acceptors (Lipinski definition) is 5. The van der Waals surface area contributed by atoms with Crippen molar-refractivity contribution >= 4 is 11.7 Å². The molecular formula is C13H13NO5. The minimum Gasteiger partial charge on any atom is -0.502 e. The summed E-state index contributed by atoms with van der Waals surface area (Å²) in [5, 5.41) is 20.1. The van der Waals surface area contributed by atoms with E-state index in [1.54, 1.807) is 6.92 Å². The minimum atomic E-state index is -0.687. The molecule has 0 saturated heterocycles. The van der Waals surface area contributed by atoms with Gasteiger partial charge in [0, 0.05) is 6.07 Å². The molecule has 6 heteroatoms. The number of aromatic hydroxyl groups is 1. The number of ether oxygens (including phenoxy) is 1. The number of nitro groups is 1. The van der Waals surface area contributed by atoms with E-state index in [0.29, 0.717) is 5.56 Å². The Balaban J connectivity index is 3.15. The van der Waals surface area contributed by atoms with E-state index in [1.165, 1.54) is 25.3 Å². The van der Waals surface area contributed by atoms with Crippen LogP contribution in [-0.2, 0) is 9.53 Å². The van der Waals surface area contributed by atoms with Crippen LogP contribution in [0.3, 0.4) is 0 Å². The maximum absolute atomic E-state index is 11.3. The summed E-state index contributed by atoms with van der Waals surface area (Å²) in [6, 6.07) is 3.93. The Morgan fingerprint density at radius 3 is 2.79 bits per heavy atom. The van der Waals surface area contributed by atoms with Crippen molar-refractivity contribution in [2.24, 2.45) is 0 Å². The summed E-state index contributed by atoms with van der Waals surface area (Å²) in [5.74, 6) is 4.08. The molecule has 1 unspecified atom stereocenters. The lowest BCUT2D eigenvalue weighted by Gasteiger charge is -2.10. The largest absolute Gasteiger partial charge is 0.502 e. The molecule has 1 rings (SSSR count). The average Bonchev–Trinajstić information content (AvgIpc) is 2.38. The molecule has 1 N–H and O–H groups in total. The predicted molar refractivity (Wildman–Crippen MR) is 67.6 cm³/mol. The van der Waals surface area contributed by atoms with Crippen molar-refractivity contribution in [3.63, 3.8) is 0 Å². The van der Waals surface area contributed by atoms with E-state index in [1.807, 2.05) is 0 Å². The standard InChI is InChI=1S/C13H13NO5/c1-3-4-9(8-13(16)19-2)10-5-6-12(15)11(7-10)14(17)18/h5-7,9,15H,8H2,1-2H3. The number of esters is 1. The van der Waals surface area contributed by atoms with Crippen molar-refractivity contribution in [2.45, 2.75) is 19.3 Å². The molecule has 0 radical (unpaired) electrons. The van der Waals surface area contributed by atoms with Crippen LogP contribution in [0.1, 0.15) is 24.8 Å². The monoisotopic (exact) mass is 263 g/mol. The van der Waals surface area contributed by atoms with Gasteiger partial charge in [0.05, 0.1) is 24.4 Å². The number of rotatable bonds is 4. The Morgan fingerprint density at radius 2 is 2.26 bits per heavy atom. The molecule has 0 bridgehead atoms. The lowest BCUT2D eigenvalue weighted by atomic mass is 9.95. The van der Waals surface area contributed by atoms with Gasteiger partial charge in [-0.05, 0) is 18.6 Å². The van der Waals surface area contributed by atoms with Crippen LogP contribution >= 0.6 is 0 Å². The summed E-state index contributed by atoms with van der Waals surface area (Å²) in [6.07, 6.45) is -0.000725. The van der Waals surface area contributed by atoms with Gasteiger partial charge in [0.15, 0.2) is 5.75 Å². The van der Waals surface area contributed by atoms with Crippen molar-refractivity contribution in [1.82, 2.24) is 0 Å². The van der Waals surface area contributed by atoms with Gasteiger partial charge in [0.2, 0.25) is 0 Å². The van der Waals surface area contributed by atoms with Crippen molar-refractivity contribution in [1.29, 1.82) is 0 Å². The van der Waals surface area contributed by atoms with Gasteiger partial charge in [-0.3, -0.25) is 14.9 Å². The van der Waals surface area contributed by atoms with Gasteiger partial charge in [-0.25, -0.2) is 0 Å². The molecule has 19 heavy (non-hydrogen) atoms. The Kier molecular flexibility index (Phi) is 4.89. The first kappa shape index (κ1) is 14.5. The van der Waals surface area contributed by atoms with Crippen molar-refractivity contribution in [2.75, 3.05) is 7.11 Å². The molecule has 0 spiro atoms. The number of phenols is 1. The van der Waals surface area contributed by atoms with Crippen molar-refractivity contribution < 1.29 is 19.6 Å². The molecule has 0 aliphatic carbocycles. The molecular weight excluding hydrogens is 250 g/mol. The van der Waals surface area contributed by atoms with Crippen LogP contribution in [-0.4, -0.2) is 23.1 Å². The molecule has 0 fully saturated rings. The molecule has 0 aliphatic heterocycles. The zero-order valence-electron chi connectivity index (χ0n) is 10.5. The van der Waals surface area contributed by atoms with Gasteiger partial charge in [-0.15, -0.1) is 5.92 Å². The maximum Gasteiger partial charge on any atom is 0.311 e. The number of carbonyl (C=O) groups excluding carboxylic acids is 1. The number of phenolic OH excluding ortho intramolecular Hbond substituents is 1. The lowest BCUT2D eigenvalue weighted by Crippen LogP contribution is -2.07. The van der Waals surface area contributed by atoms with Gasteiger partial charge in [-0.1, -0.05) is 12.0 Å². The zero-order valence-corrected chi connectivity index (χ0v) is 10.5. The predicted octanol–water partition coefficient (Wildman–Crippen LogP) is 1.97. The second kappa shape index (κ2) is 6.40. The van der Waals surface area contributed by atoms with E-state index in [9.17, 15) is 20.0 Å². The normalized spacial score (nSPS) is 11.1. The molecule has 100 valence electrons. The Labute approximate surface area is 110 Å². The van der Waals surface area contributed by atoms with Crippen LogP contribution in [0, 0.1) is 22.0 Å². The van der Waals surface area contributed by atoms with E-state index in [2.05, 4.69) is 16.6 Å². The van der Waals surface area contributed by atoms with E-state index in [-0.39, 0.29) is 6.42 Å². The van der Waals surface area contributed by atoms with Crippen LogP contribution < -0.4 is 0 Å². The first-order chi connectivity index (χ1) is 8.99. The summed E-state index contributed by atoms with van der Waals surface area (Å²) in [5.41, 5.74) is 0.0783. The SMILES string of the molecule is CC#CC(CC(=O)OC)c1ccc(O)c([N+](=O)[O-])c1. The Morgan fingerprint density at radius 1 is 1.58 bits per heavy atom. The van der Waals surface area contributed by atoms with Crippen LogP contribution in [0.2, 0.25) is 0 Å². The van der Waals surface area contributed by atoms with E-state index in [4.69, 9.17) is 0 Å². The third-order valence-electron chi connectivity index (χ3n) is 2.52. The first-order valence-electron chi connectivity index (χ1n) is 5.46. The van der Waals surface area contributed by atoms with Crippen molar-refractivity contribution in [3.05, 3.63) is 33.9 Å². The van der Waals surface area contributed by atoms with Gasteiger partial charge in [-0.2, -0.15) is 0 Å². The topological polar surface area (TPSA) is 89.7 Å². The summed E-state index contributed by atoms with van der Waals surface area (Å²) in [7, 11) is 1.26. The highest BCUT2D eigenvalue weighted by atomic mass is 16.6. The van der Waals surface area contributed by atoms with Gasteiger partial charge >= 0.3 is 11.7 Å². The highest BCUT2D eigenvalue weighted by Gasteiger charge is 2.20. The minimum absolute atomic E-state index is 0.000725. The van der Waals surface area contributed by atoms with Gasteiger partial charge in [0.25, 0.3) is 0 Å². The highest BCUT2D eigenvalue weighted by molar-refractivity contribution is 5.71. The van der Waals surface area contributed by atoms with E-state index >= 15 is 0 Å². The molecule has 0 saturated carbocycles. The summed E-state index contributed by atoms with van der Waals surface area (Å²) in [4.78, 5) is 21.3. The van der Waals surface area contributed by atoms with Crippen LogP contribution in [0.15, 0.2) is 18.2 Å². The van der Waals surface area contributed by atoms with Crippen molar-refractivity contribution in [3.8, 4) is 17.6 Å². The maximum atomic E-state index is 11.3. The third kappa shape index (κ3) is 3.71. The Hall–Kier alpha value is -2.55. The number of methoxy groups -OCH3 is 1. The molecule has 6 nitrogen and oxygen atoms in total. The average molecular weight is 263 g/mol. The highest BCUT2D eigenvalue weighted by Crippen LogP contribution is 2.30. The van der Waals surface area contributed by atoms with E-state index < -0.39 is 28.2 Å². The first-order valence-corrected chi connectivity index (χ1v) is 5.46. The second-order valence-electron chi connectivity index (χ2n) is 3.73. The quantitative estimate of drug-likeness (QED) is 0.388. The van der Waals surface area contributed by atoms with Crippen LogP contribution in [0.25, 0.3) is 0 Å². The fourth-order valence-corrected chi connectivity index (χ4v) is 1.58. The number of benzene rings is 1. The zero-order chi connectivity index (χ0) is 14.4. The number of nitro benzene ring substituents is 1. The molecule has 1 aromatic carbocycles. The molecule has 0 heterocycles. The third-order valence-corrected chi connectivity index (χ3v) is 2.52. The van der Waals surface area contributed by atoms with E-state index in [0.717, 1.165) is 0 Å². The molecule has 0 aromatic heterocycles. The van der Waals surface area contributed by atoms with Gasteiger partial charge in [0.1, 0.15) is 0 Å². The summed E-state index contributed by atoms with van der Waals surface area (Å²) in [6.45, 7) is 1.61. The van der Waals surface area contributed by atoms with Crippen LogP contribution in [0.5, 0.6) is 5.75 Å². The fraction of sp³-hybridized carbons (Fsp3) is 0.308. The molecule has 1 aromatic rings. The summed E-state index contributed by atoms with van der Waals surface area (Å²) >= 11 is 0. The number of nitrogens with zero attached hydrogens (tertiary/aromatic N) is 1. The molecule has 0 aliphatic rings. The smallest absolute Gasteiger partial charge is 0.311 e. The lowest BCUT2D eigenvalue weighted by molar-refractivity contribution is -0.385. The molecule has 1 atom stereocenters. The van der Waals surface area contributed by atoms with Gasteiger partial charge < -0.3 is 9.84 Å². The Bertz CT molecular complexity index is 556. The summed E-state index contributed by atoms with van der Waals surface area (Å²) < 4.78 is 4.56. The van der Waals surface area contributed by atoms with Crippen LogP contribution in [0.4, 0.5) is 5.69 Å². The number of carbonyl (C=O) groups is 1. The second-order valence-corrected chi connectivity index (χ2v) is 3.73. The fourth-order valence-electron chi connectivity index (χ4n) is 1.58.